The summed E-state index contributed by atoms with van der Waals surface area (Å²) in [6, 6.07) is 16.1. The van der Waals surface area contributed by atoms with Crippen LogP contribution in [0.2, 0.25) is 5.02 Å². The third kappa shape index (κ3) is 6.98. The monoisotopic (exact) mass is 521 g/mol. The van der Waals surface area contributed by atoms with Crippen molar-refractivity contribution in [2.45, 2.75) is 52.2 Å². The van der Waals surface area contributed by atoms with Crippen molar-refractivity contribution in [3.8, 4) is 11.4 Å². The Morgan fingerprint density at radius 3 is 2.51 bits per heavy atom. The number of hydrogen-bond acceptors (Lipinski definition) is 6. The van der Waals surface area contributed by atoms with Crippen LogP contribution >= 0.6 is 11.6 Å². The van der Waals surface area contributed by atoms with E-state index in [2.05, 4.69) is 56.4 Å². The summed E-state index contributed by atoms with van der Waals surface area (Å²) in [4.78, 5) is 22.2. The van der Waals surface area contributed by atoms with Crippen molar-refractivity contribution in [3.63, 3.8) is 0 Å². The summed E-state index contributed by atoms with van der Waals surface area (Å²) in [6.07, 6.45) is 4.50. The molecular weight excluding hydrogens is 486 g/mol. The van der Waals surface area contributed by atoms with Crippen LogP contribution in [-0.2, 0) is 24.4 Å². The molecule has 2 aliphatic rings. The van der Waals surface area contributed by atoms with E-state index in [1.165, 1.54) is 31.5 Å². The van der Waals surface area contributed by atoms with Gasteiger partial charge in [0, 0.05) is 31.7 Å². The molecular formula is C29H36ClN5O2. The van der Waals surface area contributed by atoms with Crippen LogP contribution in [0.5, 0.6) is 0 Å². The average molecular weight is 522 g/mol. The van der Waals surface area contributed by atoms with Crippen LogP contribution in [0.1, 0.15) is 49.6 Å². The number of carbonyl (C=O) groups excluding carboxylic acids is 1. The normalized spacial score (nSPS) is 21.1. The SMILES string of the molecule is CC1CCCN(Cc2ccc(CNC(=O)C3CCCN(Cc4nc(-c5ccccc5Cl)no4)C3)cc2)C1. The topological polar surface area (TPSA) is 74.5 Å². The lowest BCUT2D eigenvalue weighted by Gasteiger charge is -2.31. The van der Waals surface area contributed by atoms with Crippen molar-refractivity contribution < 1.29 is 9.32 Å². The zero-order valence-corrected chi connectivity index (χ0v) is 22.3. The first-order chi connectivity index (χ1) is 18.0. The van der Waals surface area contributed by atoms with Gasteiger partial charge in [-0.05, 0) is 68.0 Å². The molecule has 2 atom stereocenters. The summed E-state index contributed by atoms with van der Waals surface area (Å²) >= 11 is 6.26. The number of likely N-dealkylation sites (tertiary alicyclic amines) is 2. The summed E-state index contributed by atoms with van der Waals surface area (Å²) in [7, 11) is 0. The van der Waals surface area contributed by atoms with Gasteiger partial charge in [0.05, 0.1) is 17.5 Å². The maximum absolute atomic E-state index is 12.9. The number of piperidine rings is 2. The number of halogens is 1. The van der Waals surface area contributed by atoms with E-state index in [9.17, 15) is 4.79 Å². The second-order valence-electron chi connectivity index (χ2n) is 10.6. The molecule has 2 saturated heterocycles. The first kappa shape index (κ1) is 25.9. The minimum atomic E-state index is -0.0416. The molecule has 8 heteroatoms. The van der Waals surface area contributed by atoms with Crippen LogP contribution in [0, 0.1) is 11.8 Å². The number of aromatic nitrogens is 2. The van der Waals surface area contributed by atoms with Crippen LogP contribution in [0.4, 0.5) is 0 Å². The highest BCUT2D eigenvalue weighted by atomic mass is 35.5. The Labute approximate surface area is 224 Å². The zero-order valence-electron chi connectivity index (χ0n) is 21.5. The average Bonchev–Trinajstić information content (AvgIpc) is 3.36. The molecule has 0 saturated carbocycles. The Bertz CT molecular complexity index is 1180. The van der Waals surface area contributed by atoms with Gasteiger partial charge < -0.3 is 9.84 Å². The predicted molar refractivity (Wildman–Crippen MR) is 145 cm³/mol. The van der Waals surface area contributed by atoms with Crippen LogP contribution < -0.4 is 5.32 Å². The van der Waals surface area contributed by atoms with Crippen molar-refractivity contribution in [3.05, 3.63) is 70.6 Å². The largest absolute Gasteiger partial charge is 0.352 e. The van der Waals surface area contributed by atoms with E-state index < -0.39 is 0 Å². The second-order valence-corrected chi connectivity index (χ2v) is 11.0. The van der Waals surface area contributed by atoms with Gasteiger partial charge in [0.2, 0.25) is 17.6 Å². The highest BCUT2D eigenvalue weighted by Crippen LogP contribution is 2.26. The van der Waals surface area contributed by atoms with Crippen molar-refractivity contribution in [2.24, 2.45) is 11.8 Å². The lowest BCUT2D eigenvalue weighted by molar-refractivity contribution is -0.127. The molecule has 2 aromatic carbocycles. The van der Waals surface area contributed by atoms with Crippen LogP contribution in [0.25, 0.3) is 11.4 Å². The molecule has 0 aliphatic carbocycles. The van der Waals surface area contributed by atoms with Gasteiger partial charge in [-0.3, -0.25) is 14.6 Å². The van der Waals surface area contributed by atoms with Crippen molar-refractivity contribution in [1.29, 1.82) is 0 Å². The number of carbonyl (C=O) groups is 1. The Hall–Kier alpha value is -2.74. The molecule has 2 fully saturated rings. The van der Waals surface area contributed by atoms with Gasteiger partial charge in [-0.2, -0.15) is 4.98 Å². The molecule has 7 nitrogen and oxygen atoms in total. The maximum Gasteiger partial charge on any atom is 0.241 e. The van der Waals surface area contributed by atoms with E-state index in [0.717, 1.165) is 43.0 Å². The summed E-state index contributed by atoms with van der Waals surface area (Å²) in [5, 5.41) is 7.84. The molecule has 1 N–H and O–H groups in total. The number of amides is 1. The van der Waals surface area contributed by atoms with E-state index in [0.29, 0.717) is 36.4 Å². The van der Waals surface area contributed by atoms with Gasteiger partial charge in [0.1, 0.15) is 0 Å². The number of rotatable bonds is 8. The third-order valence-electron chi connectivity index (χ3n) is 7.46. The van der Waals surface area contributed by atoms with E-state index >= 15 is 0 Å². The predicted octanol–water partition coefficient (Wildman–Crippen LogP) is 5.15. The quantitative estimate of drug-likeness (QED) is 0.442. The molecule has 3 aromatic rings. The summed E-state index contributed by atoms with van der Waals surface area (Å²) in [5.41, 5.74) is 3.23. The fourth-order valence-electron chi connectivity index (χ4n) is 5.46. The lowest BCUT2D eigenvalue weighted by atomic mass is 9.97. The van der Waals surface area contributed by atoms with Crippen molar-refractivity contribution >= 4 is 17.5 Å². The van der Waals surface area contributed by atoms with Gasteiger partial charge in [0.25, 0.3) is 0 Å². The molecule has 2 unspecified atom stereocenters. The fourth-order valence-corrected chi connectivity index (χ4v) is 5.68. The molecule has 37 heavy (non-hydrogen) atoms. The van der Waals surface area contributed by atoms with Gasteiger partial charge >= 0.3 is 0 Å². The standard InChI is InChI=1S/C29H36ClN5O2/c1-21-6-4-14-34(17-21)18-23-12-10-22(11-13-23)16-31-29(36)24-7-5-15-35(19-24)20-27-32-28(33-37-27)25-8-2-3-9-26(25)30/h2-3,8-13,21,24H,4-7,14-20H2,1H3,(H,31,36). The number of benzene rings is 2. The lowest BCUT2D eigenvalue weighted by Crippen LogP contribution is -2.42. The molecule has 2 aliphatic heterocycles. The smallest absolute Gasteiger partial charge is 0.241 e. The first-order valence-electron chi connectivity index (χ1n) is 13.4. The first-order valence-corrected chi connectivity index (χ1v) is 13.8. The molecule has 0 bridgehead atoms. The number of nitrogens with one attached hydrogen (secondary N) is 1. The maximum atomic E-state index is 12.9. The van der Waals surface area contributed by atoms with Gasteiger partial charge in [0.15, 0.2) is 0 Å². The number of hydrogen-bond donors (Lipinski definition) is 1. The van der Waals surface area contributed by atoms with Gasteiger partial charge in [-0.25, -0.2) is 0 Å². The Morgan fingerprint density at radius 1 is 1.00 bits per heavy atom. The molecule has 1 amide bonds. The van der Waals surface area contributed by atoms with Crippen molar-refractivity contribution in [2.75, 3.05) is 26.2 Å². The highest BCUT2D eigenvalue weighted by Gasteiger charge is 2.27. The minimum Gasteiger partial charge on any atom is -0.352 e. The molecule has 0 spiro atoms. The number of nitrogens with zero attached hydrogens (tertiary/aromatic N) is 4. The van der Waals surface area contributed by atoms with Crippen LogP contribution in [-0.4, -0.2) is 52.0 Å². The Balaban J connectivity index is 1.09. The van der Waals surface area contributed by atoms with E-state index in [1.54, 1.807) is 0 Å². The Morgan fingerprint density at radius 2 is 1.73 bits per heavy atom. The summed E-state index contributed by atoms with van der Waals surface area (Å²) in [6.45, 7) is 8.40. The van der Waals surface area contributed by atoms with E-state index in [4.69, 9.17) is 16.1 Å². The molecule has 196 valence electrons. The summed E-state index contributed by atoms with van der Waals surface area (Å²) < 4.78 is 5.48. The van der Waals surface area contributed by atoms with E-state index in [-0.39, 0.29) is 11.8 Å². The van der Waals surface area contributed by atoms with Crippen LogP contribution in [0.3, 0.4) is 0 Å². The molecule has 1 aromatic heterocycles. The highest BCUT2D eigenvalue weighted by molar-refractivity contribution is 6.33. The zero-order chi connectivity index (χ0) is 25.6. The fraction of sp³-hybridized carbons (Fsp3) is 0.483. The van der Waals surface area contributed by atoms with Gasteiger partial charge in [-0.1, -0.05) is 60.1 Å². The molecule has 3 heterocycles. The molecule has 0 radical (unpaired) electrons. The molecule has 5 rings (SSSR count). The van der Waals surface area contributed by atoms with Crippen LogP contribution in [0.15, 0.2) is 53.1 Å². The minimum absolute atomic E-state index is 0.0416. The summed E-state index contributed by atoms with van der Waals surface area (Å²) in [5.74, 6) is 1.88. The van der Waals surface area contributed by atoms with E-state index in [1.807, 2.05) is 24.3 Å². The van der Waals surface area contributed by atoms with Crippen molar-refractivity contribution in [1.82, 2.24) is 25.3 Å². The Kier molecular flexibility index (Phi) is 8.54. The third-order valence-corrected chi connectivity index (χ3v) is 7.78. The van der Waals surface area contributed by atoms with Gasteiger partial charge in [-0.15, -0.1) is 0 Å². The second kappa shape index (κ2) is 12.2.